The van der Waals surface area contributed by atoms with E-state index >= 15 is 0 Å². The van der Waals surface area contributed by atoms with Crippen LogP contribution >= 0.6 is 0 Å². The summed E-state index contributed by atoms with van der Waals surface area (Å²) in [4.78, 5) is 12.1. The van der Waals surface area contributed by atoms with Crippen LogP contribution in [0, 0.1) is 17.2 Å². The molecule has 0 bridgehead atoms. The number of ether oxygens (including phenoxy) is 1. The van der Waals surface area contributed by atoms with Gasteiger partial charge in [0.15, 0.2) is 0 Å². The van der Waals surface area contributed by atoms with E-state index in [9.17, 15) is 10.1 Å². The third-order valence-electron chi connectivity index (χ3n) is 3.27. The molecule has 0 aliphatic carbocycles. The van der Waals surface area contributed by atoms with Gasteiger partial charge in [0.25, 0.3) is 0 Å². The third kappa shape index (κ3) is 4.27. The van der Waals surface area contributed by atoms with Gasteiger partial charge in [-0.15, -0.1) is 0 Å². The number of rotatable bonds is 7. The molecule has 4 heteroatoms. The summed E-state index contributed by atoms with van der Waals surface area (Å²) in [6.45, 7) is 6.43. The zero-order valence-corrected chi connectivity index (χ0v) is 12.3. The topological polar surface area (TPSA) is 62.1 Å². The molecular weight excluding hydrogens is 252 g/mol. The van der Waals surface area contributed by atoms with Gasteiger partial charge in [-0.3, -0.25) is 4.79 Å². The first-order valence-corrected chi connectivity index (χ1v) is 7.08. The predicted octanol–water partition coefficient (Wildman–Crippen LogP) is 3.20. The van der Waals surface area contributed by atoms with Crippen LogP contribution in [-0.2, 0) is 4.79 Å². The van der Waals surface area contributed by atoms with Crippen LogP contribution in [0.5, 0.6) is 5.75 Å². The van der Waals surface area contributed by atoms with Gasteiger partial charge >= 0.3 is 0 Å². The van der Waals surface area contributed by atoms with E-state index in [0.29, 0.717) is 12.4 Å². The average Bonchev–Trinajstić information content (AvgIpc) is 2.46. The standard InChI is InChI=1S/C16H22N2O2/c1-4-12(5-2)16(19)18-15(11-17)13-8-7-9-14(10-13)20-6-3/h7-10,12,15H,4-6H2,1-3H3,(H,18,19). The first-order chi connectivity index (χ1) is 9.65. The molecule has 0 aliphatic rings. The molecule has 0 saturated heterocycles. The molecule has 0 spiro atoms. The molecule has 0 radical (unpaired) electrons. The molecule has 1 aromatic rings. The Morgan fingerprint density at radius 1 is 1.35 bits per heavy atom. The fraction of sp³-hybridized carbons (Fsp3) is 0.500. The van der Waals surface area contributed by atoms with Gasteiger partial charge < -0.3 is 10.1 Å². The maximum atomic E-state index is 12.1. The Bertz CT molecular complexity index is 476. The van der Waals surface area contributed by atoms with E-state index in [1.165, 1.54) is 0 Å². The molecular formula is C16H22N2O2. The monoisotopic (exact) mass is 274 g/mol. The number of nitriles is 1. The van der Waals surface area contributed by atoms with Crippen LogP contribution in [0.4, 0.5) is 0 Å². The molecule has 1 aromatic carbocycles. The van der Waals surface area contributed by atoms with Gasteiger partial charge in [-0.2, -0.15) is 5.26 Å². The number of nitrogens with zero attached hydrogens (tertiary/aromatic N) is 1. The Labute approximate surface area is 120 Å². The molecule has 0 aromatic heterocycles. The number of carbonyl (C=O) groups excluding carboxylic acids is 1. The number of nitrogens with one attached hydrogen (secondary N) is 1. The summed E-state index contributed by atoms with van der Waals surface area (Å²) < 4.78 is 5.41. The van der Waals surface area contributed by atoms with Crippen LogP contribution in [-0.4, -0.2) is 12.5 Å². The fourth-order valence-electron chi connectivity index (χ4n) is 2.06. The van der Waals surface area contributed by atoms with Gasteiger partial charge in [0.1, 0.15) is 11.8 Å². The second-order valence-corrected chi connectivity index (χ2v) is 4.59. The normalized spacial score (nSPS) is 11.8. The lowest BCUT2D eigenvalue weighted by Gasteiger charge is -2.17. The lowest BCUT2D eigenvalue weighted by atomic mass is 10.0. The maximum Gasteiger partial charge on any atom is 0.224 e. The zero-order chi connectivity index (χ0) is 15.0. The number of benzene rings is 1. The lowest BCUT2D eigenvalue weighted by Crippen LogP contribution is -2.33. The van der Waals surface area contributed by atoms with E-state index in [1.54, 1.807) is 6.07 Å². The molecule has 0 fully saturated rings. The van der Waals surface area contributed by atoms with Crippen molar-refractivity contribution in [3.63, 3.8) is 0 Å². The van der Waals surface area contributed by atoms with E-state index in [1.807, 2.05) is 39.0 Å². The summed E-state index contributed by atoms with van der Waals surface area (Å²) in [6, 6.07) is 8.78. The van der Waals surface area contributed by atoms with E-state index in [-0.39, 0.29) is 11.8 Å². The highest BCUT2D eigenvalue weighted by molar-refractivity contribution is 5.79. The smallest absolute Gasteiger partial charge is 0.224 e. The van der Waals surface area contributed by atoms with Crippen molar-refractivity contribution < 1.29 is 9.53 Å². The zero-order valence-electron chi connectivity index (χ0n) is 12.3. The fourth-order valence-corrected chi connectivity index (χ4v) is 2.06. The largest absolute Gasteiger partial charge is 0.494 e. The van der Waals surface area contributed by atoms with Crippen molar-refractivity contribution in [1.29, 1.82) is 5.26 Å². The summed E-state index contributed by atoms with van der Waals surface area (Å²) in [6.07, 6.45) is 1.55. The van der Waals surface area contributed by atoms with Crippen molar-refractivity contribution in [2.75, 3.05) is 6.61 Å². The van der Waals surface area contributed by atoms with E-state index < -0.39 is 6.04 Å². The summed E-state index contributed by atoms with van der Waals surface area (Å²) in [5, 5.41) is 12.1. The lowest BCUT2D eigenvalue weighted by molar-refractivity contribution is -0.125. The molecule has 0 saturated carbocycles. The minimum Gasteiger partial charge on any atom is -0.494 e. The van der Waals surface area contributed by atoms with Crippen LogP contribution in [0.25, 0.3) is 0 Å². The Morgan fingerprint density at radius 3 is 2.60 bits per heavy atom. The minimum atomic E-state index is -0.636. The Hall–Kier alpha value is -2.02. The van der Waals surface area contributed by atoms with E-state index in [0.717, 1.165) is 18.4 Å². The van der Waals surface area contributed by atoms with Crippen LogP contribution < -0.4 is 10.1 Å². The van der Waals surface area contributed by atoms with Crippen molar-refractivity contribution in [2.45, 2.75) is 39.7 Å². The van der Waals surface area contributed by atoms with Crippen molar-refractivity contribution >= 4 is 5.91 Å². The third-order valence-corrected chi connectivity index (χ3v) is 3.27. The van der Waals surface area contributed by atoms with Crippen molar-refractivity contribution in [3.05, 3.63) is 29.8 Å². The van der Waals surface area contributed by atoms with Gasteiger partial charge in [-0.1, -0.05) is 26.0 Å². The van der Waals surface area contributed by atoms with E-state index in [2.05, 4.69) is 11.4 Å². The predicted molar refractivity (Wildman–Crippen MR) is 78.2 cm³/mol. The SMILES string of the molecule is CCOc1cccc(C(C#N)NC(=O)C(CC)CC)c1. The first-order valence-electron chi connectivity index (χ1n) is 7.08. The van der Waals surface area contributed by atoms with E-state index in [4.69, 9.17) is 4.74 Å². The van der Waals surface area contributed by atoms with Crippen LogP contribution in [0.1, 0.15) is 45.2 Å². The van der Waals surface area contributed by atoms with Crippen LogP contribution in [0.3, 0.4) is 0 Å². The van der Waals surface area contributed by atoms with Gasteiger partial charge in [0.2, 0.25) is 5.91 Å². The van der Waals surface area contributed by atoms with Gasteiger partial charge in [0, 0.05) is 5.92 Å². The molecule has 20 heavy (non-hydrogen) atoms. The first kappa shape index (κ1) is 16.0. The molecule has 0 heterocycles. The summed E-state index contributed by atoms with van der Waals surface area (Å²) in [5.74, 6) is 0.603. The molecule has 1 N–H and O–H groups in total. The quantitative estimate of drug-likeness (QED) is 0.830. The van der Waals surface area contributed by atoms with Crippen molar-refractivity contribution in [1.82, 2.24) is 5.32 Å². The van der Waals surface area contributed by atoms with Gasteiger partial charge in [-0.05, 0) is 37.5 Å². The van der Waals surface area contributed by atoms with Crippen LogP contribution in [0.15, 0.2) is 24.3 Å². The molecule has 4 nitrogen and oxygen atoms in total. The average molecular weight is 274 g/mol. The van der Waals surface area contributed by atoms with Gasteiger partial charge in [-0.25, -0.2) is 0 Å². The second-order valence-electron chi connectivity index (χ2n) is 4.59. The van der Waals surface area contributed by atoms with Crippen molar-refractivity contribution in [3.8, 4) is 11.8 Å². The number of amides is 1. The molecule has 1 rings (SSSR count). The molecule has 108 valence electrons. The maximum absolute atomic E-state index is 12.1. The van der Waals surface area contributed by atoms with Crippen LogP contribution in [0.2, 0.25) is 0 Å². The molecule has 1 amide bonds. The summed E-state index contributed by atoms with van der Waals surface area (Å²) in [7, 11) is 0. The Balaban J connectivity index is 2.83. The summed E-state index contributed by atoms with van der Waals surface area (Å²) in [5.41, 5.74) is 0.748. The second kappa shape index (κ2) is 8.21. The molecule has 1 atom stereocenters. The van der Waals surface area contributed by atoms with Gasteiger partial charge in [0.05, 0.1) is 12.7 Å². The minimum absolute atomic E-state index is 0.0408. The number of hydrogen-bond acceptors (Lipinski definition) is 3. The summed E-state index contributed by atoms with van der Waals surface area (Å²) >= 11 is 0. The Kier molecular flexibility index (Phi) is 6.58. The Morgan fingerprint density at radius 2 is 2.05 bits per heavy atom. The van der Waals surface area contributed by atoms with Crippen molar-refractivity contribution in [2.24, 2.45) is 5.92 Å². The molecule has 1 unspecified atom stereocenters. The number of hydrogen-bond donors (Lipinski definition) is 1. The number of carbonyl (C=O) groups is 1. The highest BCUT2D eigenvalue weighted by Gasteiger charge is 2.19. The highest BCUT2D eigenvalue weighted by Crippen LogP contribution is 2.20. The highest BCUT2D eigenvalue weighted by atomic mass is 16.5. The molecule has 0 aliphatic heterocycles.